The van der Waals surface area contributed by atoms with Crippen molar-refractivity contribution in [1.29, 1.82) is 0 Å². The van der Waals surface area contributed by atoms with E-state index in [4.69, 9.17) is 21.1 Å². The topological polar surface area (TPSA) is 64.9 Å². The van der Waals surface area contributed by atoms with Gasteiger partial charge in [0.25, 0.3) is 5.91 Å². The molecule has 3 aromatic rings. The van der Waals surface area contributed by atoms with Crippen molar-refractivity contribution in [3.05, 3.63) is 59.0 Å². The third kappa shape index (κ3) is 2.68. The fourth-order valence-corrected chi connectivity index (χ4v) is 2.56. The van der Waals surface area contributed by atoms with Crippen molar-refractivity contribution in [1.82, 2.24) is 14.7 Å². The first-order chi connectivity index (χ1) is 11.2. The largest absolute Gasteiger partial charge is 0.454 e. The molecule has 1 aliphatic rings. The summed E-state index contributed by atoms with van der Waals surface area (Å²) >= 11 is 5.94. The van der Waals surface area contributed by atoms with E-state index in [1.807, 2.05) is 16.8 Å². The first-order valence-electron chi connectivity index (χ1n) is 7.00. The average molecular weight is 330 g/mol. The molecular weight excluding hydrogens is 318 g/mol. The molecule has 4 rings (SSSR count). The van der Waals surface area contributed by atoms with Crippen LogP contribution in [0, 0.1) is 0 Å². The molecule has 2 aromatic heterocycles. The van der Waals surface area contributed by atoms with Gasteiger partial charge in [-0.3, -0.25) is 4.79 Å². The number of fused-ring (bicyclic) bond motifs is 2. The maximum Gasteiger partial charge on any atom is 0.251 e. The van der Waals surface area contributed by atoms with Crippen LogP contribution in [0.5, 0.6) is 11.5 Å². The lowest BCUT2D eigenvalue weighted by atomic mass is 10.2. The zero-order valence-electron chi connectivity index (χ0n) is 12.0. The van der Waals surface area contributed by atoms with Crippen molar-refractivity contribution < 1.29 is 14.3 Å². The second kappa shape index (κ2) is 5.48. The number of hydrogen-bond donors (Lipinski definition) is 1. The maximum atomic E-state index is 12.2. The van der Waals surface area contributed by atoms with E-state index in [1.54, 1.807) is 30.3 Å². The van der Waals surface area contributed by atoms with Crippen molar-refractivity contribution >= 4 is 23.2 Å². The highest BCUT2D eigenvalue weighted by molar-refractivity contribution is 6.30. The molecule has 1 N–H and O–H groups in total. The highest BCUT2D eigenvalue weighted by Crippen LogP contribution is 2.32. The molecule has 6 nitrogen and oxygen atoms in total. The predicted octanol–water partition coefficient (Wildman–Crippen LogP) is 2.65. The van der Waals surface area contributed by atoms with Crippen LogP contribution >= 0.6 is 11.6 Å². The van der Waals surface area contributed by atoms with Gasteiger partial charge in [-0.2, -0.15) is 0 Å². The molecule has 0 saturated carbocycles. The Hall–Kier alpha value is -2.73. The van der Waals surface area contributed by atoms with E-state index in [2.05, 4.69) is 10.3 Å². The Morgan fingerprint density at radius 1 is 1.26 bits per heavy atom. The van der Waals surface area contributed by atoms with E-state index in [1.165, 1.54) is 0 Å². The molecule has 116 valence electrons. The van der Waals surface area contributed by atoms with Gasteiger partial charge in [-0.15, -0.1) is 0 Å². The summed E-state index contributed by atoms with van der Waals surface area (Å²) in [4.78, 5) is 16.6. The number of hydrogen-bond acceptors (Lipinski definition) is 4. The minimum Gasteiger partial charge on any atom is -0.454 e. The SMILES string of the molecule is O=C(NCc1cn2ccc(Cl)cc2n1)c1ccc2c(c1)OCO2. The molecule has 1 aromatic carbocycles. The van der Waals surface area contributed by atoms with Gasteiger partial charge in [0.15, 0.2) is 11.5 Å². The molecule has 0 radical (unpaired) electrons. The van der Waals surface area contributed by atoms with Crippen molar-refractivity contribution in [3.63, 3.8) is 0 Å². The number of imidazole rings is 1. The van der Waals surface area contributed by atoms with E-state index in [9.17, 15) is 4.79 Å². The summed E-state index contributed by atoms with van der Waals surface area (Å²) in [5.41, 5.74) is 2.01. The van der Waals surface area contributed by atoms with Crippen molar-refractivity contribution in [3.8, 4) is 11.5 Å². The average Bonchev–Trinajstić information content (AvgIpc) is 3.17. The van der Waals surface area contributed by atoms with E-state index in [-0.39, 0.29) is 12.7 Å². The highest BCUT2D eigenvalue weighted by Gasteiger charge is 2.16. The van der Waals surface area contributed by atoms with Crippen LogP contribution in [0.3, 0.4) is 0 Å². The van der Waals surface area contributed by atoms with Gasteiger partial charge in [0.2, 0.25) is 6.79 Å². The van der Waals surface area contributed by atoms with Gasteiger partial charge in [0.1, 0.15) is 5.65 Å². The van der Waals surface area contributed by atoms with Gasteiger partial charge in [0, 0.05) is 23.0 Å². The normalized spacial score (nSPS) is 12.6. The zero-order chi connectivity index (χ0) is 15.8. The second-order valence-corrected chi connectivity index (χ2v) is 5.53. The summed E-state index contributed by atoms with van der Waals surface area (Å²) in [7, 11) is 0. The van der Waals surface area contributed by atoms with Crippen LogP contribution in [0.15, 0.2) is 42.7 Å². The summed E-state index contributed by atoms with van der Waals surface area (Å²) < 4.78 is 12.4. The fraction of sp³-hybridized carbons (Fsp3) is 0.125. The van der Waals surface area contributed by atoms with Gasteiger partial charge in [-0.25, -0.2) is 4.98 Å². The van der Waals surface area contributed by atoms with E-state index >= 15 is 0 Å². The molecule has 23 heavy (non-hydrogen) atoms. The van der Waals surface area contributed by atoms with Crippen molar-refractivity contribution in [2.45, 2.75) is 6.54 Å². The van der Waals surface area contributed by atoms with Gasteiger partial charge in [-0.05, 0) is 30.3 Å². The standard InChI is InChI=1S/C16H12ClN3O3/c17-11-3-4-20-8-12(19-15(20)6-11)7-18-16(21)10-1-2-13-14(5-10)23-9-22-13/h1-6,8H,7,9H2,(H,18,21). The molecule has 1 aliphatic heterocycles. The third-order valence-electron chi connectivity index (χ3n) is 3.54. The third-order valence-corrected chi connectivity index (χ3v) is 3.77. The van der Waals surface area contributed by atoms with Crippen molar-refractivity contribution in [2.75, 3.05) is 6.79 Å². The number of amides is 1. The molecule has 0 bridgehead atoms. The van der Waals surface area contributed by atoms with E-state index in [0.717, 1.165) is 11.3 Å². The van der Waals surface area contributed by atoms with Crippen LogP contribution in [0.25, 0.3) is 5.65 Å². The van der Waals surface area contributed by atoms with E-state index in [0.29, 0.717) is 28.6 Å². The number of carbonyl (C=O) groups excluding carboxylic acids is 1. The number of pyridine rings is 1. The van der Waals surface area contributed by atoms with Crippen LogP contribution in [0.1, 0.15) is 16.1 Å². The molecule has 7 heteroatoms. The van der Waals surface area contributed by atoms with Gasteiger partial charge >= 0.3 is 0 Å². The molecular formula is C16H12ClN3O3. The lowest BCUT2D eigenvalue weighted by molar-refractivity contribution is 0.0950. The zero-order valence-corrected chi connectivity index (χ0v) is 12.7. The Morgan fingerprint density at radius 3 is 3.04 bits per heavy atom. The Morgan fingerprint density at radius 2 is 2.13 bits per heavy atom. The van der Waals surface area contributed by atoms with Crippen LogP contribution in [0.2, 0.25) is 5.02 Å². The lowest BCUT2D eigenvalue weighted by Crippen LogP contribution is -2.22. The number of aromatic nitrogens is 2. The highest BCUT2D eigenvalue weighted by atomic mass is 35.5. The molecule has 1 amide bonds. The molecule has 0 saturated heterocycles. The van der Waals surface area contributed by atoms with Crippen LogP contribution in [-0.4, -0.2) is 22.1 Å². The van der Waals surface area contributed by atoms with Gasteiger partial charge in [-0.1, -0.05) is 11.6 Å². The predicted molar refractivity (Wildman–Crippen MR) is 83.9 cm³/mol. The maximum absolute atomic E-state index is 12.2. The van der Waals surface area contributed by atoms with E-state index < -0.39 is 0 Å². The molecule has 0 atom stereocenters. The second-order valence-electron chi connectivity index (χ2n) is 5.09. The molecule has 0 spiro atoms. The van der Waals surface area contributed by atoms with Gasteiger partial charge in [0.05, 0.1) is 12.2 Å². The first-order valence-corrected chi connectivity index (χ1v) is 7.38. The fourth-order valence-electron chi connectivity index (χ4n) is 2.41. The molecule has 0 fully saturated rings. The minimum atomic E-state index is -0.196. The Kier molecular flexibility index (Phi) is 3.31. The Bertz CT molecular complexity index is 907. The van der Waals surface area contributed by atoms with Crippen LogP contribution in [0.4, 0.5) is 0 Å². The molecule has 3 heterocycles. The number of rotatable bonds is 3. The summed E-state index contributed by atoms with van der Waals surface area (Å²) in [5, 5.41) is 3.46. The number of nitrogens with zero attached hydrogens (tertiary/aromatic N) is 2. The van der Waals surface area contributed by atoms with Gasteiger partial charge < -0.3 is 19.2 Å². The monoisotopic (exact) mass is 329 g/mol. The number of halogens is 1. The number of carbonyl (C=O) groups is 1. The smallest absolute Gasteiger partial charge is 0.251 e. The Labute approximate surface area is 136 Å². The number of benzene rings is 1. The Balaban J connectivity index is 1.48. The van der Waals surface area contributed by atoms with Crippen molar-refractivity contribution in [2.24, 2.45) is 0 Å². The van der Waals surface area contributed by atoms with Crippen LogP contribution in [-0.2, 0) is 6.54 Å². The summed E-state index contributed by atoms with van der Waals surface area (Å²) in [6.45, 7) is 0.511. The molecule has 0 unspecified atom stereocenters. The summed E-state index contributed by atoms with van der Waals surface area (Å²) in [5.74, 6) is 1.04. The molecule has 0 aliphatic carbocycles. The minimum absolute atomic E-state index is 0.185. The summed E-state index contributed by atoms with van der Waals surface area (Å²) in [6.07, 6.45) is 3.68. The first kappa shape index (κ1) is 13.9. The van der Waals surface area contributed by atoms with Crippen LogP contribution < -0.4 is 14.8 Å². The summed E-state index contributed by atoms with van der Waals surface area (Å²) in [6, 6.07) is 8.65. The lowest BCUT2D eigenvalue weighted by Gasteiger charge is -2.04. The number of nitrogens with one attached hydrogen (secondary N) is 1. The quantitative estimate of drug-likeness (QED) is 0.802. The number of ether oxygens (including phenoxy) is 2.